The summed E-state index contributed by atoms with van der Waals surface area (Å²) in [5.41, 5.74) is 1.36. The van der Waals surface area contributed by atoms with Crippen LogP contribution in [0.2, 0.25) is 0 Å². The lowest BCUT2D eigenvalue weighted by Crippen LogP contribution is -2.08. The highest BCUT2D eigenvalue weighted by Crippen LogP contribution is 2.31. The Labute approximate surface area is 152 Å². The maximum atomic E-state index is 11.5. The van der Waals surface area contributed by atoms with Gasteiger partial charge in [-0.3, -0.25) is 0 Å². The number of phenolic OH excluding ortho intramolecular Hbond substituents is 2. The van der Waals surface area contributed by atoms with Crippen LogP contribution in [-0.4, -0.2) is 16.2 Å². The van der Waals surface area contributed by atoms with Gasteiger partial charge in [0.05, 0.1) is 0 Å². The van der Waals surface area contributed by atoms with Gasteiger partial charge in [0.25, 0.3) is 0 Å². The predicted molar refractivity (Wildman–Crippen MR) is 104 cm³/mol. The quantitative estimate of drug-likeness (QED) is 0.394. The number of hydrogen-bond donors (Lipinski definition) is 2. The minimum absolute atomic E-state index is 0.163. The molecule has 3 aromatic carbocycles. The Balaban J connectivity index is 0.000000228. The van der Waals surface area contributed by atoms with Crippen molar-refractivity contribution in [2.45, 2.75) is 6.92 Å². The van der Waals surface area contributed by atoms with Crippen molar-refractivity contribution < 1.29 is 19.7 Å². The number of phenols is 2. The number of benzene rings is 3. The number of ether oxygens (including phenoxy) is 1. The van der Waals surface area contributed by atoms with Crippen LogP contribution in [0.5, 0.6) is 17.2 Å². The molecule has 0 radical (unpaired) electrons. The molecule has 0 fully saturated rings. The Kier molecular flexibility index (Phi) is 6.17. The topological polar surface area (TPSA) is 66.8 Å². The Bertz CT molecular complexity index is 940. The molecule has 3 aromatic rings. The van der Waals surface area contributed by atoms with Gasteiger partial charge in [0.15, 0.2) is 0 Å². The molecular weight excluding hydrogens is 328 g/mol. The van der Waals surface area contributed by atoms with Crippen LogP contribution in [0.25, 0.3) is 16.8 Å². The monoisotopic (exact) mass is 348 g/mol. The van der Waals surface area contributed by atoms with Gasteiger partial charge >= 0.3 is 5.97 Å². The fraction of sp³-hybridized carbons (Fsp3) is 0.0455. The van der Waals surface area contributed by atoms with E-state index in [9.17, 15) is 9.90 Å². The second kappa shape index (κ2) is 8.53. The molecule has 0 aliphatic heterocycles. The Morgan fingerprint density at radius 2 is 1.58 bits per heavy atom. The first-order chi connectivity index (χ1) is 12.4. The highest BCUT2D eigenvalue weighted by Gasteiger charge is 2.09. The van der Waals surface area contributed by atoms with Gasteiger partial charge in [-0.05, 0) is 36.8 Å². The zero-order chi connectivity index (χ0) is 19.1. The smallest absolute Gasteiger partial charge is 0.338 e. The summed E-state index contributed by atoms with van der Waals surface area (Å²) >= 11 is 0. The summed E-state index contributed by atoms with van der Waals surface area (Å²) < 4.78 is 5.19. The van der Waals surface area contributed by atoms with Crippen molar-refractivity contribution >= 4 is 22.8 Å². The fourth-order valence-corrected chi connectivity index (χ4v) is 2.15. The maximum absolute atomic E-state index is 11.5. The van der Waals surface area contributed by atoms with E-state index in [1.165, 1.54) is 0 Å². The molecule has 0 saturated heterocycles. The zero-order valence-electron chi connectivity index (χ0n) is 14.5. The molecule has 0 aliphatic carbocycles. The van der Waals surface area contributed by atoms with Crippen LogP contribution < -0.4 is 4.74 Å². The molecule has 0 aliphatic rings. The molecule has 0 atom stereocenters. The van der Waals surface area contributed by atoms with E-state index in [1.807, 2.05) is 12.1 Å². The largest absolute Gasteiger partial charge is 0.508 e. The van der Waals surface area contributed by atoms with E-state index in [2.05, 4.69) is 13.2 Å². The van der Waals surface area contributed by atoms with E-state index < -0.39 is 5.97 Å². The van der Waals surface area contributed by atoms with E-state index in [4.69, 9.17) is 9.84 Å². The molecule has 3 rings (SSSR count). The molecular formula is C22H20O4. The average molecular weight is 348 g/mol. The highest BCUT2D eigenvalue weighted by molar-refractivity contribution is 5.96. The highest BCUT2D eigenvalue weighted by atomic mass is 16.5. The molecule has 2 N–H and O–H groups in total. The number of fused-ring (bicyclic) bond motifs is 1. The van der Waals surface area contributed by atoms with Crippen molar-refractivity contribution in [3.05, 3.63) is 85.0 Å². The van der Waals surface area contributed by atoms with Gasteiger partial charge in [-0.1, -0.05) is 55.6 Å². The number of rotatable bonds is 3. The summed E-state index contributed by atoms with van der Waals surface area (Å²) in [5.74, 6) is 0.406. The lowest BCUT2D eigenvalue weighted by molar-refractivity contribution is -0.129. The van der Waals surface area contributed by atoms with E-state index in [0.717, 1.165) is 5.56 Å². The minimum Gasteiger partial charge on any atom is -0.508 e. The Morgan fingerprint density at radius 1 is 0.962 bits per heavy atom. The molecule has 4 heteroatoms. The van der Waals surface area contributed by atoms with Crippen LogP contribution in [0, 0.1) is 0 Å². The molecule has 132 valence electrons. The van der Waals surface area contributed by atoms with Gasteiger partial charge in [0.2, 0.25) is 0 Å². The first kappa shape index (κ1) is 18.8. The number of carbonyl (C=O) groups is 1. The summed E-state index contributed by atoms with van der Waals surface area (Å²) in [6.45, 7) is 8.69. The zero-order valence-corrected chi connectivity index (χ0v) is 14.5. The summed E-state index contributed by atoms with van der Waals surface area (Å²) in [5, 5.41) is 19.8. The van der Waals surface area contributed by atoms with Gasteiger partial charge in [-0.2, -0.15) is 0 Å². The second-order valence-electron chi connectivity index (χ2n) is 5.59. The molecule has 0 saturated carbocycles. The third-order valence-electron chi connectivity index (χ3n) is 3.54. The van der Waals surface area contributed by atoms with Crippen molar-refractivity contribution in [3.63, 3.8) is 0 Å². The minimum atomic E-state index is -0.471. The number of carbonyl (C=O) groups excluding carboxylic acids is 1. The third kappa shape index (κ3) is 4.74. The molecule has 0 aromatic heterocycles. The van der Waals surface area contributed by atoms with Gasteiger partial charge in [-0.15, -0.1) is 0 Å². The van der Waals surface area contributed by atoms with Crippen molar-refractivity contribution in [2.24, 2.45) is 0 Å². The van der Waals surface area contributed by atoms with Crippen molar-refractivity contribution in [1.29, 1.82) is 0 Å². The average Bonchev–Trinajstić information content (AvgIpc) is 2.64. The summed E-state index contributed by atoms with van der Waals surface area (Å²) in [6.07, 6.45) is 1.74. The predicted octanol–water partition coefficient (Wildman–Crippen LogP) is 5.06. The number of hydrogen-bond acceptors (Lipinski definition) is 4. The summed E-state index contributed by atoms with van der Waals surface area (Å²) in [6, 6.07) is 17.1. The second-order valence-corrected chi connectivity index (χ2v) is 5.59. The molecule has 26 heavy (non-hydrogen) atoms. The summed E-state index contributed by atoms with van der Waals surface area (Å²) in [4.78, 5) is 11.5. The third-order valence-corrected chi connectivity index (χ3v) is 3.54. The van der Waals surface area contributed by atoms with Gasteiger partial charge in [-0.25, -0.2) is 4.79 Å². The molecule has 0 heterocycles. The number of esters is 1. The van der Waals surface area contributed by atoms with E-state index in [-0.39, 0.29) is 5.75 Å². The standard InChI is InChI=1S/C14H12O3.C8H8O/c1-9(2)14(16)17-13-8-4-5-10-11(13)6-3-7-12(10)15;1-2-7-3-5-8(9)6-4-7/h3-8,15H,1H2,2H3;2-6,9H,1H2. The molecule has 4 nitrogen and oxygen atoms in total. The SMILES string of the molecule is C=C(C)C(=O)Oc1cccc2c(O)cccc12.C=Cc1ccc(O)cc1. The molecule has 0 amide bonds. The number of aromatic hydroxyl groups is 2. The van der Waals surface area contributed by atoms with Crippen LogP contribution in [0.1, 0.15) is 12.5 Å². The van der Waals surface area contributed by atoms with Gasteiger partial charge < -0.3 is 14.9 Å². The van der Waals surface area contributed by atoms with E-state index in [1.54, 1.807) is 61.5 Å². The molecule has 0 unspecified atom stereocenters. The first-order valence-electron chi connectivity index (χ1n) is 7.92. The first-order valence-corrected chi connectivity index (χ1v) is 7.92. The van der Waals surface area contributed by atoms with Crippen molar-refractivity contribution in [1.82, 2.24) is 0 Å². The van der Waals surface area contributed by atoms with Crippen LogP contribution in [0.15, 0.2) is 79.4 Å². The Hall–Kier alpha value is -3.53. The lowest BCUT2D eigenvalue weighted by Gasteiger charge is -2.08. The van der Waals surface area contributed by atoms with E-state index in [0.29, 0.717) is 27.8 Å². The van der Waals surface area contributed by atoms with Crippen LogP contribution in [-0.2, 0) is 4.79 Å². The van der Waals surface area contributed by atoms with Gasteiger partial charge in [0.1, 0.15) is 17.2 Å². The lowest BCUT2D eigenvalue weighted by atomic mass is 10.1. The van der Waals surface area contributed by atoms with Crippen molar-refractivity contribution in [2.75, 3.05) is 0 Å². The normalized spacial score (nSPS) is 9.73. The van der Waals surface area contributed by atoms with Crippen LogP contribution >= 0.6 is 0 Å². The Morgan fingerprint density at radius 3 is 2.19 bits per heavy atom. The summed E-state index contributed by atoms with van der Waals surface area (Å²) in [7, 11) is 0. The van der Waals surface area contributed by atoms with Crippen LogP contribution in [0.4, 0.5) is 0 Å². The molecule has 0 bridgehead atoms. The fourth-order valence-electron chi connectivity index (χ4n) is 2.15. The van der Waals surface area contributed by atoms with Crippen molar-refractivity contribution in [3.8, 4) is 17.2 Å². The molecule has 0 spiro atoms. The van der Waals surface area contributed by atoms with Crippen LogP contribution in [0.3, 0.4) is 0 Å². The van der Waals surface area contributed by atoms with Gasteiger partial charge in [0, 0.05) is 16.3 Å². The maximum Gasteiger partial charge on any atom is 0.338 e. The van der Waals surface area contributed by atoms with E-state index >= 15 is 0 Å².